The van der Waals surface area contributed by atoms with Crippen LogP contribution >= 0.6 is 46.4 Å². The molecule has 1 aromatic heterocycles. The molecular formula is C5HCl4NTi. The predicted molar refractivity (Wildman–Crippen MR) is 44.3 cm³/mol. The van der Waals surface area contributed by atoms with E-state index in [9.17, 15) is 0 Å². The first-order valence-electron chi connectivity index (χ1n) is 2.28. The molecule has 1 aromatic rings. The number of pyridine rings is 1. The zero-order valence-electron chi connectivity index (χ0n) is 5.04. The molecule has 0 fully saturated rings. The number of hydrogen-bond acceptors (Lipinski definition) is 1. The van der Waals surface area contributed by atoms with Crippen LogP contribution in [-0.2, 0) is 21.7 Å². The molecule has 0 atom stereocenters. The van der Waals surface area contributed by atoms with Crippen LogP contribution < -0.4 is 0 Å². The van der Waals surface area contributed by atoms with Gasteiger partial charge < -0.3 is 0 Å². The molecule has 6 heteroatoms. The normalized spacial score (nSPS) is 9.09. The molecule has 0 radical (unpaired) electrons. The third-order valence-corrected chi connectivity index (χ3v) is 2.50. The summed E-state index contributed by atoms with van der Waals surface area (Å²) in [7, 11) is 0. The van der Waals surface area contributed by atoms with Gasteiger partial charge in [0.2, 0.25) is 0 Å². The summed E-state index contributed by atoms with van der Waals surface area (Å²) in [5.41, 5.74) is 0. The molecule has 0 amide bonds. The van der Waals surface area contributed by atoms with Gasteiger partial charge in [-0.05, 0) is 0 Å². The molecule has 1 nitrogen and oxygen atoms in total. The van der Waals surface area contributed by atoms with Crippen molar-refractivity contribution in [3.63, 3.8) is 0 Å². The van der Waals surface area contributed by atoms with E-state index in [2.05, 4.69) is 4.98 Å². The van der Waals surface area contributed by atoms with Crippen LogP contribution in [0.25, 0.3) is 0 Å². The van der Waals surface area contributed by atoms with Gasteiger partial charge >= 0.3 is 0 Å². The molecule has 1 heterocycles. The van der Waals surface area contributed by atoms with Crippen LogP contribution in [-0.4, -0.2) is 4.98 Å². The van der Waals surface area contributed by atoms with Crippen LogP contribution in [0.2, 0.25) is 20.2 Å². The zero-order chi connectivity index (χ0) is 7.72. The maximum absolute atomic E-state index is 5.59. The van der Waals surface area contributed by atoms with Gasteiger partial charge in [0.25, 0.3) is 0 Å². The van der Waals surface area contributed by atoms with Crippen LogP contribution in [0.5, 0.6) is 0 Å². The minimum absolute atomic E-state index is 0. The average Bonchev–Trinajstić information content (AvgIpc) is 1.93. The molecule has 0 saturated heterocycles. The van der Waals surface area contributed by atoms with E-state index in [0.29, 0.717) is 5.02 Å². The Morgan fingerprint density at radius 1 is 1.00 bits per heavy atom. The first-order valence-corrected chi connectivity index (χ1v) is 3.79. The Balaban J connectivity index is 0.000001000. The SMILES string of the molecule is Clc1cnc(Cl)c(Cl)c1Cl.[Ti]. The molecule has 0 saturated carbocycles. The van der Waals surface area contributed by atoms with Crippen LogP contribution in [0.15, 0.2) is 6.20 Å². The van der Waals surface area contributed by atoms with Gasteiger partial charge in [0.1, 0.15) is 5.15 Å². The molecule has 1 rings (SSSR count). The van der Waals surface area contributed by atoms with E-state index in [1.807, 2.05) is 0 Å². The maximum Gasteiger partial charge on any atom is 0.149 e. The van der Waals surface area contributed by atoms with Gasteiger partial charge in [-0.25, -0.2) is 4.98 Å². The minimum atomic E-state index is 0. The molecule has 0 aliphatic heterocycles. The van der Waals surface area contributed by atoms with Gasteiger partial charge in [-0.3, -0.25) is 0 Å². The summed E-state index contributed by atoms with van der Waals surface area (Å²) in [6.07, 6.45) is 1.35. The van der Waals surface area contributed by atoms with Crippen LogP contribution in [0.1, 0.15) is 0 Å². The van der Waals surface area contributed by atoms with Crippen molar-refractivity contribution in [2.45, 2.75) is 0 Å². The van der Waals surface area contributed by atoms with E-state index in [1.165, 1.54) is 6.20 Å². The molecular weight excluding hydrogens is 264 g/mol. The summed E-state index contributed by atoms with van der Waals surface area (Å²) in [5, 5.41) is 0.895. The second-order valence-electron chi connectivity index (χ2n) is 1.52. The summed E-state index contributed by atoms with van der Waals surface area (Å²) in [4.78, 5) is 3.66. The molecule has 0 aromatic carbocycles. The third kappa shape index (κ3) is 2.76. The number of hydrogen-bond donors (Lipinski definition) is 0. The van der Waals surface area contributed by atoms with E-state index >= 15 is 0 Å². The third-order valence-electron chi connectivity index (χ3n) is 0.875. The summed E-state index contributed by atoms with van der Waals surface area (Å²) in [5.74, 6) is 0. The zero-order valence-corrected chi connectivity index (χ0v) is 9.62. The standard InChI is InChI=1S/C5HCl4N.Ti/c6-2-1-10-5(9)4(8)3(2)7;/h1H;. The second kappa shape index (κ2) is 4.91. The molecule has 0 spiro atoms. The van der Waals surface area contributed by atoms with Crippen LogP contribution in [0.3, 0.4) is 0 Å². The Hall–Kier alpha value is 1.02. The smallest absolute Gasteiger partial charge is 0.149 e. The first kappa shape index (κ1) is 12.0. The first-order chi connectivity index (χ1) is 4.63. The van der Waals surface area contributed by atoms with Gasteiger partial charge in [-0.2, -0.15) is 0 Å². The van der Waals surface area contributed by atoms with Crippen LogP contribution in [0, 0.1) is 0 Å². The van der Waals surface area contributed by atoms with E-state index in [4.69, 9.17) is 46.4 Å². The average molecular weight is 265 g/mol. The Kier molecular flexibility index (Phi) is 5.36. The van der Waals surface area contributed by atoms with Gasteiger partial charge in [0, 0.05) is 27.9 Å². The van der Waals surface area contributed by atoms with Gasteiger partial charge in [0.15, 0.2) is 0 Å². The summed E-state index contributed by atoms with van der Waals surface area (Å²) >= 11 is 22.2. The summed E-state index contributed by atoms with van der Waals surface area (Å²) in [6, 6.07) is 0. The number of aromatic nitrogens is 1. The van der Waals surface area contributed by atoms with Gasteiger partial charge in [-0.1, -0.05) is 46.4 Å². The molecule has 0 aliphatic rings. The van der Waals surface area contributed by atoms with Crippen molar-refractivity contribution in [2.75, 3.05) is 0 Å². The Bertz CT molecular complexity index is 238. The summed E-state index contributed by atoms with van der Waals surface area (Å²) < 4.78 is 0. The Morgan fingerprint density at radius 2 is 1.55 bits per heavy atom. The molecule has 58 valence electrons. The van der Waals surface area contributed by atoms with Crippen molar-refractivity contribution in [1.29, 1.82) is 0 Å². The Morgan fingerprint density at radius 3 is 2.00 bits per heavy atom. The quantitative estimate of drug-likeness (QED) is 0.514. The van der Waals surface area contributed by atoms with Gasteiger partial charge in [0.05, 0.1) is 15.1 Å². The van der Waals surface area contributed by atoms with Crippen LogP contribution in [0.4, 0.5) is 0 Å². The van der Waals surface area contributed by atoms with E-state index in [-0.39, 0.29) is 36.9 Å². The molecule has 0 N–H and O–H groups in total. The Labute approximate surface area is 98.9 Å². The maximum atomic E-state index is 5.59. The van der Waals surface area contributed by atoms with E-state index in [0.717, 1.165) is 0 Å². The molecule has 0 unspecified atom stereocenters. The summed E-state index contributed by atoms with van der Waals surface area (Å²) in [6.45, 7) is 0. The number of rotatable bonds is 0. The monoisotopic (exact) mass is 263 g/mol. The number of halogens is 4. The fourth-order valence-electron chi connectivity index (χ4n) is 0.422. The fraction of sp³-hybridized carbons (Fsp3) is 0. The van der Waals surface area contributed by atoms with Crippen molar-refractivity contribution >= 4 is 46.4 Å². The van der Waals surface area contributed by atoms with Gasteiger partial charge in [-0.15, -0.1) is 0 Å². The van der Waals surface area contributed by atoms with E-state index < -0.39 is 0 Å². The van der Waals surface area contributed by atoms with Crippen molar-refractivity contribution in [3.05, 3.63) is 26.4 Å². The molecule has 0 bridgehead atoms. The fourth-order valence-corrected chi connectivity index (χ4v) is 1.09. The van der Waals surface area contributed by atoms with Crippen molar-refractivity contribution in [2.24, 2.45) is 0 Å². The second-order valence-corrected chi connectivity index (χ2v) is 3.05. The van der Waals surface area contributed by atoms with Crippen molar-refractivity contribution in [1.82, 2.24) is 4.98 Å². The predicted octanol–water partition coefficient (Wildman–Crippen LogP) is 3.69. The largest absolute Gasteiger partial charge is 0.241 e. The van der Waals surface area contributed by atoms with Crippen molar-refractivity contribution < 1.29 is 21.7 Å². The number of nitrogens with zero attached hydrogens (tertiary/aromatic N) is 1. The molecule has 11 heavy (non-hydrogen) atoms. The molecule has 0 aliphatic carbocycles. The van der Waals surface area contributed by atoms with Crippen molar-refractivity contribution in [3.8, 4) is 0 Å². The topological polar surface area (TPSA) is 12.9 Å². The minimum Gasteiger partial charge on any atom is -0.241 e. The van der Waals surface area contributed by atoms with E-state index in [1.54, 1.807) is 0 Å².